The Morgan fingerprint density at radius 2 is 1.76 bits per heavy atom. The molecule has 0 amide bonds. The summed E-state index contributed by atoms with van der Waals surface area (Å²) in [5.41, 5.74) is -0.642. The molecule has 1 aromatic carbocycles. The average Bonchev–Trinajstić information content (AvgIpc) is 3.46. The van der Waals surface area contributed by atoms with Crippen LogP contribution in [0.25, 0.3) is 0 Å². The summed E-state index contributed by atoms with van der Waals surface area (Å²) in [7, 11) is -0.939. The molecule has 1 aliphatic heterocycles. The van der Waals surface area contributed by atoms with Crippen LogP contribution >= 0.6 is 11.8 Å². The van der Waals surface area contributed by atoms with Crippen LogP contribution in [0.1, 0.15) is 97.6 Å². The van der Waals surface area contributed by atoms with E-state index in [4.69, 9.17) is 14.0 Å². The van der Waals surface area contributed by atoms with Gasteiger partial charge < -0.3 is 14.0 Å². The van der Waals surface area contributed by atoms with Crippen LogP contribution in [0.15, 0.2) is 6.07 Å². The number of carbonyl (C=O) groups is 1. The summed E-state index contributed by atoms with van der Waals surface area (Å²) in [5.74, 6) is -1.88. The Bertz CT molecular complexity index is 877. The summed E-state index contributed by atoms with van der Waals surface area (Å²) in [6.07, 6.45) is 1.65. The van der Waals surface area contributed by atoms with Crippen LogP contribution in [-0.4, -0.2) is 41.4 Å². The Morgan fingerprint density at radius 1 is 1.18 bits per heavy atom. The predicted molar refractivity (Wildman–Crippen MR) is 130 cm³/mol. The molecule has 1 aliphatic carbocycles. The van der Waals surface area contributed by atoms with Gasteiger partial charge in [-0.3, -0.25) is 4.79 Å². The van der Waals surface area contributed by atoms with Crippen LogP contribution in [0.3, 0.4) is 0 Å². The molecule has 0 radical (unpaired) electrons. The van der Waals surface area contributed by atoms with Crippen molar-refractivity contribution < 1.29 is 27.6 Å². The van der Waals surface area contributed by atoms with E-state index in [1.54, 1.807) is 24.8 Å². The first-order valence-electron chi connectivity index (χ1n) is 11.8. The molecule has 184 valence electrons. The van der Waals surface area contributed by atoms with Crippen molar-refractivity contribution in [3.05, 3.63) is 28.8 Å². The second-order valence-electron chi connectivity index (χ2n) is 11.1. The van der Waals surface area contributed by atoms with Crippen LogP contribution < -0.4 is 5.46 Å². The molecule has 1 atom stereocenters. The van der Waals surface area contributed by atoms with Gasteiger partial charge in [0.25, 0.3) is 0 Å². The van der Waals surface area contributed by atoms with Crippen molar-refractivity contribution in [2.75, 3.05) is 12.4 Å². The number of benzene rings is 1. The Hall–Kier alpha value is -1.12. The smallest absolute Gasteiger partial charge is 0.466 e. The quantitative estimate of drug-likeness (QED) is 0.351. The highest BCUT2D eigenvalue weighted by Crippen LogP contribution is 2.45. The standard InChI is InChI=1S/C25H37BF2O4S/c1-9-30-19(29)12-16(14-33-23(2,3)4)20-21(27)17(15-10-11-15)13-18(22(20)28)26-31-24(5,6)25(7,8)32-26/h13,15-16H,9-12,14H2,1-8H3/t16-/m1/s1. The van der Waals surface area contributed by atoms with Crippen LogP contribution in [0.2, 0.25) is 0 Å². The minimum Gasteiger partial charge on any atom is -0.466 e. The third-order valence-corrected chi connectivity index (χ3v) is 8.09. The van der Waals surface area contributed by atoms with E-state index < -0.39 is 41.8 Å². The van der Waals surface area contributed by atoms with Crippen molar-refractivity contribution in [3.8, 4) is 0 Å². The van der Waals surface area contributed by atoms with Crippen molar-refractivity contribution in [3.63, 3.8) is 0 Å². The lowest BCUT2D eigenvalue weighted by Gasteiger charge is -2.32. The lowest BCUT2D eigenvalue weighted by atomic mass is 9.74. The Balaban J connectivity index is 2.08. The maximum atomic E-state index is 16.1. The third-order valence-electron chi connectivity index (χ3n) is 6.66. The zero-order valence-electron chi connectivity index (χ0n) is 21.1. The molecule has 3 rings (SSSR count). The van der Waals surface area contributed by atoms with E-state index in [2.05, 4.69) is 0 Å². The van der Waals surface area contributed by atoms with Gasteiger partial charge in [-0.1, -0.05) is 26.8 Å². The number of halogens is 2. The molecule has 1 aromatic rings. The first-order chi connectivity index (χ1) is 15.2. The first-order valence-corrected chi connectivity index (χ1v) is 12.8. The van der Waals surface area contributed by atoms with Crippen LogP contribution in [0, 0.1) is 11.6 Å². The lowest BCUT2D eigenvalue weighted by molar-refractivity contribution is -0.143. The van der Waals surface area contributed by atoms with Gasteiger partial charge in [-0.2, -0.15) is 11.8 Å². The lowest BCUT2D eigenvalue weighted by Crippen LogP contribution is -2.41. The summed E-state index contributed by atoms with van der Waals surface area (Å²) < 4.78 is 49.2. The van der Waals surface area contributed by atoms with E-state index in [-0.39, 0.29) is 34.7 Å². The molecule has 33 heavy (non-hydrogen) atoms. The predicted octanol–water partition coefficient (Wildman–Crippen LogP) is 5.71. The fourth-order valence-electron chi connectivity index (χ4n) is 3.91. The highest BCUT2D eigenvalue weighted by atomic mass is 32.2. The zero-order chi connectivity index (χ0) is 24.8. The van der Waals surface area contributed by atoms with Gasteiger partial charge in [-0.15, -0.1) is 0 Å². The van der Waals surface area contributed by atoms with Gasteiger partial charge >= 0.3 is 13.1 Å². The summed E-state index contributed by atoms with van der Waals surface area (Å²) >= 11 is 1.58. The second-order valence-corrected chi connectivity index (χ2v) is 12.9. The van der Waals surface area contributed by atoms with E-state index in [9.17, 15) is 4.79 Å². The molecule has 4 nitrogen and oxygen atoms in total. The van der Waals surface area contributed by atoms with Crippen LogP contribution in [0.5, 0.6) is 0 Å². The van der Waals surface area contributed by atoms with Gasteiger partial charge in [0.15, 0.2) is 0 Å². The monoisotopic (exact) mass is 482 g/mol. The number of thioether (sulfide) groups is 1. The molecular formula is C25H37BF2O4S. The molecule has 0 unspecified atom stereocenters. The fourth-order valence-corrected chi connectivity index (χ4v) is 4.89. The molecule has 1 saturated heterocycles. The van der Waals surface area contributed by atoms with Gasteiger partial charge in [-0.25, -0.2) is 8.78 Å². The number of carbonyl (C=O) groups excluding carboxylic acids is 1. The van der Waals surface area contributed by atoms with Gasteiger partial charge in [0.2, 0.25) is 0 Å². The fraction of sp³-hybridized carbons (Fsp3) is 0.720. The number of hydrogen-bond acceptors (Lipinski definition) is 5. The number of rotatable bonds is 8. The van der Waals surface area contributed by atoms with E-state index in [1.165, 1.54) is 0 Å². The second kappa shape index (κ2) is 9.50. The molecule has 1 saturated carbocycles. The Morgan fingerprint density at radius 3 is 2.24 bits per heavy atom. The van der Waals surface area contributed by atoms with Crippen LogP contribution in [0.4, 0.5) is 8.78 Å². The van der Waals surface area contributed by atoms with Crippen molar-refractivity contribution in [2.45, 2.75) is 102 Å². The molecule has 0 N–H and O–H groups in total. The summed E-state index contributed by atoms with van der Waals surface area (Å²) in [4.78, 5) is 12.4. The summed E-state index contributed by atoms with van der Waals surface area (Å²) in [6.45, 7) is 15.7. The normalized spacial score (nSPS) is 20.7. The van der Waals surface area contributed by atoms with Gasteiger partial charge in [0.05, 0.1) is 24.2 Å². The highest BCUT2D eigenvalue weighted by molar-refractivity contribution is 8.00. The van der Waals surface area contributed by atoms with E-state index in [1.807, 2.05) is 48.5 Å². The number of ether oxygens (including phenoxy) is 1. The van der Waals surface area contributed by atoms with E-state index in [0.29, 0.717) is 11.3 Å². The molecular weight excluding hydrogens is 445 g/mol. The number of esters is 1. The Labute approximate surface area is 201 Å². The van der Waals surface area contributed by atoms with Crippen molar-refractivity contribution in [2.24, 2.45) is 0 Å². The first kappa shape index (κ1) is 26.5. The van der Waals surface area contributed by atoms with Gasteiger partial charge in [0.1, 0.15) is 11.6 Å². The minimum absolute atomic E-state index is 0.0473. The third kappa shape index (κ3) is 5.94. The van der Waals surface area contributed by atoms with Gasteiger partial charge in [-0.05, 0) is 58.9 Å². The molecule has 0 aromatic heterocycles. The maximum Gasteiger partial charge on any atom is 0.497 e. The topological polar surface area (TPSA) is 44.8 Å². The molecule has 0 spiro atoms. The minimum atomic E-state index is -0.939. The highest BCUT2D eigenvalue weighted by Gasteiger charge is 2.53. The maximum absolute atomic E-state index is 16.1. The summed E-state index contributed by atoms with van der Waals surface area (Å²) in [5, 5.41) is 0. The zero-order valence-corrected chi connectivity index (χ0v) is 22.0. The van der Waals surface area contributed by atoms with Crippen molar-refractivity contribution in [1.82, 2.24) is 0 Å². The number of hydrogen-bond donors (Lipinski definition) is 0. The molecule has 0 bridgehead atoms. The van der Waals surface area contributed by atoms with Crippen LogP contribution in [-0.2, 0) is 18.8 Å². The Kier molecular flexibility index (Phi) is 7.63. The average molecular weight is 482 g/mol. The van der Waals surface area contributed by atoms with Crippen molar-refractivity contribution >= 4 is 30.3 Å². The molecule has 2 aliphatic rings. The van der Waals surface area contributed by atoms with E-state index in [0.717, 1.165) is 12.8 Å². The van der Waals surface area contributed by atoms with Gasteiger partial charge in [0, 0.05) is 27.4 Å². The largest absolute Gasteiger partial charge is 0.497 e. The molecule has 8 heteroatoms. The summed E-state index contributed by atoms with van der Waals surface area (Å²) in [6, 6.07) is 1.58. The molecule has 1 heterocycles. The SMILES string of the molecule is CCOC(=O)C[C@H](CSC(C)(C)C)c1c(F)c(B2OC(C)(C)C(C)(C)O2)cc(C2CC2)c1F. The van der Waals surface area contributed by atoms with E-state index >= 15 is 8.78 Å². The molecule has 2 fully saturated rings. The van der Waals surface area contributed by atoms with Crippen molar-refractivity contribution in [1.29, 1.82) is 0 Å².